The third-order valence-corrected chi connectivity index (χ3v) is 4.05. The van der Waals surface area contributed by atoms with Crippen molar-refractivity contribution in [3.8, 4) is 0 Å². The first-order valence-corrected chi connectivity index (χ1v) is 8.97. The Hall–Kier alpha value is -2.07. The van der Waals surface area contributed by atoms with Crippen LogP contribution in [0.4, 0.5) is 15.8 Å². The lowest BCUT2D eigenvalue weighted by Crippen LogP contribution is -2.38. The Labute approximate surface area is 158 Å². The van der Waals surface area contributed by atoms with Crippen LogP contribution in [0.1, 0.15) is 6.42 Å². The molecule has 2 amide bonds. The molecule has 0 radical (unpaired) electrons. The summed E-state index contributed by atoms with van der Waals surface area (Å²) in [6.07, 6.45) is 0.263. The van der Waals surface area contributed by atoms with E-state index in [-0.39, 0.29) is 30.5 Å². The van der Waals surface area contributed by atoms with Crippen LogP contribution in [-0.2, 0) is 19.1 Å². The minimum Gasteiger partial charge on any atom is -0.383 e. The number of halogens is 1. The molecule has 27 heavy (non-hydrogen) atoms. The molecular formula is C18H27FN4O4. The first-order chi connectivity index (χ1) is 13.1. The molecule has 1 fully saturated rings. The molecule has 1 aliphatic heterocycles. The van der Waals surface area contributed by atoms with E-state index in [1.54, 1.807) is 7.11 Å². The van der Waals surface area contributed by atoms with Crippen LogP contribution in [-0.4, -0.2) is 76.4 Å². The SMILES string of the molecule is COCCNCC(=O)Nc1ccc(F)c(NC(=O)CCN2CCOCC2)c1. The van der Waals surface area contributed by atoms with Gasteiger partial charge in [-0.3, -0.25) is 14.5 Å². The highest BCUT2D eigenvalue weighted by atomic mass is 19.1. The van der Waals surface area contributed by atoms with E-state index in [1.165, 1.54) is 18.2 Å². The quantitative estimate of drug-likeness (QED) is 0.515. The number of morpholine rings is 1. The number of methoxy groups -OCH3 is 1. The third kappa shape index (κ3) is 8.00. The topological polar surface area (TPSA) is 91.9 Å². The average Bonchev–Trinajstić information content (AvgIpc) is 2.67. The molecule has 0 saturated carbocycles. The summed E-state index contributed by atoms with van der Waals surface area (Å²) < 4.78 is 24.1. The number of amides is 2. The van der Waals surface area contributed by atoms with Crippen LogP contribution in [0.2, 0.25) is 0 Å². The lowest BCUT2D eigenvalue weighted by molar-refractivity contribution is -0.117. The molecular weight excluding hydrogens is 355 g/mol. The first-order valence-electron chi connectivity index (χ1n) is 8.97. The molecule has 8 nitrogen and oxygen atoms in total. The molecule has 0 unspecified atom stereocenters. The predicted octanol–water partition coefficient (Wildman–Crippen LogP) is 0.661. The molecule has 0 aliphatic carbocycles. The number of ether oxygens (including phenoxy) is 2. The molecule has 9 heteroatoms. The summed E-state index contributed by atoms with van der Waals surface area (Å²) in [4.78, 5) is 26.1. The van der Waals surface area contributed by atoms with Crippen molar-refractivity contribution >= 4 is 23.2 Å². The van der Waals surface area contributed by atoms with Crippen molar-refractivity contribution in [3.63, 3.8) is 0 Å². The number of rotatable bonds is 10. The van der Waals surface area contributed by atoms with E-state index in [1.807, 2.05) is 0 Å². The number of benzene rings is 1. The van der Waals surface area contributed by atoms with Crippen LogP contribution in [0.5, 0.6) is 0 Å². The Morgan fingerprint density at radius 1 is 1.22 bits per heavy atom. The zero-order valence-electron chi connectivity index (χ0n) is 15.6. The van der Waals surface area contributed by atoms with Crippen LogP contribution >= 0.6 is 0 Å². The van der Waals surface area contributed by atoms with Gasteiger partial charge in [-0.1, -0.05) is 0 Å². The van der Waals surface area contributed by atoms with E-state index in [4.69, 9.17) is 9.47 Å². The van der Waals surface area contributed by atoms with E-state index in [0.717, 1.165) is 13.1 Å². The third-order valence-electron chi connectivity index (χ3n) is 4.05. The van der Waals surface area contributed by atoms with Gasteiger partial charge in [0.1, 0.15) is 5.82 Å². The number of nitrogens with one attached hydrogen (secondary N) is 3. The standard InChI is InChI=1S/C18H27FN4O4/c1-26-9-5-20-13-18(25)21-14-2-3-15(19)16(12-14)22-17(24)4-6-23-7-10-27-11-8-23/h2-3,12,20H,4-11,13H2,1H3,(H,21,25)(H,22,24). The van der Waals surface area contributed by atoms with Crippen LogP contribution in [0.15, 0.2) is 18.2 Å². The Morgan fingerprint density at radius 3 is 2.74 bits per heavy atom. The van der Waals surface area contributed by atoms with Crippen molar-refractivity contribution in [2.75, 3.05) is 70.3 Å². The molecule has 0 spiro atoms. The Bertz CT molecular complexity index is 623. The van der Waals surface area contributed by atoms with Crippen molar-refractivity contribution in [3.05, 3.63) is 24.0 Å². The highest BCUT2D eigenvalue weighted by molar-refractivity contribution is 5.95. The summed E-state index contributed by atoms with van der Waals surface area (Å²) in [5, 5.41) is 8.15. The van der Waals surface area contributed by atoms with Gasteiger partial charge in [-0.25, -0.2) is 4.39 Å². The van der Waals surface area contributed by atoms with Crippen LogP contribution in [0.3, 0.4) is 0 Å². The number of carbonyl (C=O) groups excluding carboxylic acids is 2. The van der Waals surface area contributed by atoms with Gasteiger partial charge in [-0.2, -0.15) is 0 Å². The average molecular weight is 382 g/mol. The van der Waals surface area contributed by atoms with Gasteiger partial charge < -0.3 is 25.4 Å². The fourth-order valence-electron chi connectivity index (χ4n) is 2.58. The predicted molar refractivity (Wildman–Crippen MR) is 100 cm³/mol. The monoisotopic (exact) mass is 382 g/mol. The summed E-state index contributed by atoms with van der Waals surface area (Å²) in [5.41, 5.74) is 0.463. The maximum absolute atomic E-state index is 14.0. The van der Waals surface area contributed by atoms with Gasteiger partial charge in [0.15, 0.2) is 0 Å². The second kappa shape index (κ2) is 11.6. The van der Waals surface area contributed by atoms with Gasteiger partial charge in [-0.05, 0) is 18.2 Å². The smallest absolute Gasteiger partial charge is 0.238 e. The van der Waals surface area contributed by atoms with Gasteiger partial charge >= 0.3 is 0 Å². The molecule has 1 heterocycles. The first kappa shape index (κ1) is 21.2. The van der Waals surface area contributed by atoms with E-state index < -0.39 is 5.82 Å². The van der Waals surface area contributed by atoms with Gasteiger partial charge in [0.2, 0.25) is 11.8 Å². The van der Waals surface area contributed by atoms with Gasteiger partial charge in [0.25, 0.3) is 0 Å². The fraction of sp³-hybridized carbons (Fsp3) is 0.556. The molecule has 3 N–H and O–H groups in total. The molecule has 1 aromatic carbocycles. The van der Waals surface area contributed by atoms with Crippen LogP contribution < -0.4 is 16.0 Å². The summed E-state index contributed by atoms with van der Waals surface area (Å²) in [6, 6.07) is 4.08. The molecule has 1 aromatic rings. The molecule has 1 aliphatic rings. The normalized spacial score (nSPS) is 14.7. The highest BCUT2D eigenvalue weighted by Gasteiger charge is 2.14. The second-order valence-electron chi connectivity index (χ2n) is 6.16. The van der Waals surface area contributed by atoms with E-state index >= 15 is 0 Å². The van der Waals surface area contributed by atoms with Crippen molar-refractivity contribution in [1.29, 1.82) is 0 Å². The van der Waals surface area contributed by atoms with Gasteiger partial charge in [0.05, 0.1) is 32.1 Å². The number of carbonyl (C=O) groups is 2. The molecule has 0 aromatic heterocycles. The summed E-state index contributed by atoms with van der Waals surface area (Å²) in [6.45, 7) is 4.68. The van der Waals surface area contributed by atoms with Crippen molar-refractivity contribution < 1.29 is 23.5 Å². The van der Waals surface area contributed by atoms with E-state index in [9.17, 15) is 14.0 Å². The lowest BCUT2D eigenvalue weighted by Gasteiger charge is -2.26. The van der Waals surface area contributed by atoms with Crippen molar-refractivity contribution in [1.82, 2.24) is 10.2 Å². The van der Waals surface area contributed by atoms with Gasteiger partial charge in [-0.15, -0.1) is 0 Å². The largest absolute Gasteiger partial charge is 0.383 e. The Morgan fingerprint density at radius 2 is 2.00 bits per heavy atom. The molecule has 2 rings (SSSR count). The Kier molecular flexibility index (Phi) is 9.12. The summed E-state index contributed by atoms with van der Waals surface area (Å²) in [7, 11) is 1.58. The maximum atomic E-state index is 14.0. The van der Waals surface area contributed by atoms with E-state index in [0.29, 0.717) is 38.6 Å². The van der Waals surface area contributed by atoms with Gasteiger partial charge in [0, 0.05) is 45.4 Å². The molecule has 150 valence electrons. The molecule has 0 bridgehead atoms. The maximum Gasteiger partial charge on any atom is 0.238 e. The van der Waals surface area contributed by atoms with Crippen molar-refractivity contribution in [2.24, 2.45) is 0 Å². The number of nitrogens with zero attached hydrogens (tertiary/aromatic N) is 1. The molecule has 1 saturated heterocycles. The zero-order chi connectivity index (χ0) is 19.5. The van der Waals surface area contributed by atoms with E-state index in [2.05, 4.69) is 20.9 Å². The highest BCUT2D eigenvalue weighted by Crippen LogP contribution is 2.20. The molecule has 0 atom stereocenters. The lowest BCUT2D eigenvalue weighted by atomic mass is 10.2. The number of hydrogen-bond acceptors (Lipinski definition) is 6. The summed E-state index contributed by atoms with van der Waals surface area (Å²) >= 11 is 0. The van der Waals surface area contributed by atoms with Crippen molar-refractivity contribution in [2.45, 2.75) is 6.42 Å². The number of anilines is 2. The van der Waals surface area contributed by atoms with Crippen LogP contribution in [0.25, 0.3) is 0 Å². The van der Waals surface area contributed by atoms with Crippen LogP contribution in [0, 0.1) is 5.82 Å². The summed E-state index contributed by atoms with van der Waals surface area (Å²) in [5.74, 6) is -1.08. The second-order valence-corrected chi connectivity index (χ2v) is 6.16. The Balaban J connectivity index is 1.80. The number of hydrogen-bond donors (Lipinski definition) is 3. The minimum atomic E-state index is -0.550. The fourth-order valence-corrected chi connectivity index (χ4v) is 2.58. The minimum absolute atomic E-state index is 0.0483. The zero-order valence-corrected chi connectivity index (χ0v) is 15.6.